The lowest BCUT2D eigenvalue weighted by atomic mass is 10.1. The summed E-state index contributed by atoms with van der Waals surface area (Å²) >= 11 is 0. The molecule has 1 amide bonds. The molecule has 1 aromatic carbocycles. The molecule has 3 N–H and O–H groups in total. The lowest BCUT2D eigenvalue weighted by molar-refractivity contribution is 0.0983. The predicted molar refractivity (Wildman–Crippen MR) is 71.5 cm³/mol. The Morgan fingerprint density at radius 2 is 2.17 bits per heavy atom. The third-order valence-corrected chi connectivity index (χ3v) is 2.80. The van der Waals surface area contributed by atoms with Gasteiger partial charge in [-0.2, -0.15) is 5.10 Å². The zero-order chi connectivity index (χ0) is 13.1. The molecule has 5 heteroatoms. The van der Waals surface area contributed by atoms with Crippen LogP contribution in [0.25, 0.3) is 0 Å². The Hall–Kier alpha value is -2.30. The van der Waals surface area contributed by atoms with Crippen molar-refractivity contribution in [1.82, 2.24) is 10.2 Å². The quantitative estimate of drug-likeness (QED) is 0.866. The van der Waals surface area contributed by atoms with E-state index in [9.17, 15) is 4.79 Å². The predicted octanol–water partition coefficient (Wildman–Crippen LogP) is 1.97. The largest absolute Gasteiger partial charge is 0.382 e. The summed E-state index contributed by atoms with van der Waals surface area (Å²) in [5.41, 5.74) is 7.87. The number of aryl methyl sites for hydroxylation is 1. The normalized spacial score (nSPS) is 10.3. The number of carbonyl (C=O) groups is 1. The summed E-state index contributed by atoms with van der Waals surface area (Å²) in [7, 11) is 0. The Morgan fingerprint density at radius 3 is 2.72 bits per heavy atom. The topological polar surface area (TPSA) is 75.0 Å². The first-order chi connectivity index (χ1) is 8.63. The van der Waals surface area contributed by atoms with E-state index >= 15 is 0 Å². The van der Waals surface area contributed by atoms with Crippen LogP contribution in [0.15, 0.2) is 30.3 Å². The molecule has 0 saturated heterocycles. The zero-order valence-electron chi connectivity index (χ0n) is 10.5. The Kier molecular flexibility index (Phi) is 3.32. The van der Waals surface area contributed by atoms with Crippen LogP contribution in [0.5, 0.6) is 0 Å². The minimum absolute atomic E-state index is 0.129. The second kappa shape index (κ2) is 4.91. The number of H-pyrrole nitrogens is 1. The van der Waals surface area contributed by atoms with Gasteiger partial charge in [-0.25, -0.2) is 0 Å². The van der Waals surface area contributed by atoms with Crippen molar-refractivity contribution < 1.29 is 4.79 Å². The molecule has 0 spiro atoms. The molecule has 0 radical (unpaired) electrons. The van der Waals surface area contributed by atoms with Crippen molar-refractivity contribution in [2.24, 2.45) is 0 Å². The van der Waals surface area contributed by atoms with Gasteiger partial charge in [-0.3, -0.25) is 9.89 Å². The van der Waals surface area contributed by atoms with Gasteiger partial charge in [-0.1, -0.05) is 18.2 Å². The maximum Gasteiger partial charge on any atom is 0.276 e. The Morgan fingerprint density at radius 1 is 1.44 bits per heavy atom. The van der Waals surface area contributed by atoms with Crippen LogP contribution >= 0.6 is 0 Å². The number of carbonyl (C=O) groups excluding carboxylic acids is 1. The average molecular weight is 244 g/mol. The summed E-state index contributed by atoms with van der Waals surface area (Å²) in [6.07, 6.45) is 0. The van der Waals surface area contributed by atoms with Crippen LogP contribution in [0.2, 0.25) is 0 Å². The number of aromatic nitrogens is 2. The highest BCUT2D eigenvalue weighted by molar-refractivity contribution is 6.05. The molecule has 1 aromatic heterocycles. The lowest BCUT2D eigenvalue weighted by Crippen LogP contribution is -2.31. The van der Waals surface area contributed by atoms with Crippen molar-refractivity contribution in [2.75, 3.05) is 17.2 Å². The SMILES string of the molecule is CCN(C(=O)c1cc(N)n[nH]1)c1ccccc1C. The molecule has 0 unspecified atom stereocenters. The Labute approximate surface area is 106 Å². The maximum atomic E-state index is 12.3. The summed E-state index contributed by atoms with van der Waals surface area (Å²) in [6.45, 7) is 4.50. The summed E-state index contributed by atoms with van der Waals surface area (Å²) in [6, 6.07) is 9.32. The first-order valence-electron chi connectivity index (χ1n) is 5.82. The minimum atomic E-state index is -0.129. The van der Waals surface area contributed by atoms with E-state index in [0.29, 0.717) is 18.1 Å². The van der Waals surface area contributed by atoms with Gasteiger partial charge in [0.2, 0.25) is 0 Å². The van der Waals surface area contributed by atoms with Crippen molar-refractivity contribution in [2.45, 2.75) is 13.8 Å². The van der Waals surface area contributed by atoms with E-state index in [1.165, 1.54) is 0 Å². The molecule has 5 nitrogen and oxygen atoms in total. The zero-order valence-corrected chi connectivity index (χ0v) is 10.5. The minimum Gasteiger partial charge on any atom is -0.382 e. The van der Waals surface area contributed by atoms with Gasteiger partial charge in [0.25, 0.3) is 5.91 Å². The highest BCUT2D eigenvalue weighted by atomic mass is 16.2. The molecule has 94 valence electrons. The van der Waals surface area contributed by atoms with Crippen molar-refractivity contribution in [3.05, 3.63) is 41.6 Å². The second-order valence-corrected chi connectivity index (χ2v) is 4.04. The van der Waals surface area contributed by atoms with Crippen LogP contribution < -0.4 is 10.6 Å². The fourth-order valence-corrected chi connectivity index (χ4v) is 1.88. The van der Waals surface area contributed by atoms with E-state index in [-0.39, 0.29) is 5.91 Å². The van der Waals surface area contributed by atoms with Crippen molar-refractivity contribution in [3.63, 3.8) is 0 Å². The van der Waals surface area contributed by atoms with E-state index < -0.39 is 0 Å². The summed E-state index contributed by atoms with van der Waals surface area (Å²) in [4.78, 5) is 14.0. The summed E-state index contributed by atoms with van der Waals surface area (Å²) in [5.74, 6) is 0.190. The first-order valence-corrected chi connectivity index (χ1v) is 5.82. The Bertz CT molecular complexity index is 562. The number of nitrogens with zero attached hydrogens (tertiary/aromatic N) is 2. The number of para-hydroxylation sites is 1. The van der Waals surface area contributed by atoms with Crippen LogP contribution in [0.1, 0.15) is 23.0 Å². The van der Waals surface area contributed by atoms with Gasteiger partial charge in [0.1, 0.15) is 11.5 Å². The lowest BCUT2D eigenvalue weighted by Gasteiger charge is -2.22. The molecular formula is C13H16N4O. The number of anilines is 2. The fraction of sp³-hybridized carbons (Fsp3) is 0.231. The number of benzene rings is 1. The van der Waals surface area contributed by atoms with E-state index in [4.69, 9.17) is 5.73 Å². The highest BCUT2D eigenvalue weighted by Crippen LogP contribution is 2.21. The van der Waals surface area contributed by atoms with Gasteiger partial charge >= 0.3 is 0 Å². The molecular weight excluding hydrogens is 228 g/mol. The van der Waals surface area contributed by atoms with Gasteiger partial charge in [0.05, 0.1) is 0 Å². The molecule has 0 atom stereocenters. The second-order valence-electron chi connectivity index (χ2n) is 4.04. The molecule has 1 heterocycles. The monoisotopic (exact) mass is 244 g/mol. The average Bonchev–Trinajstić information content (AvgIpc) is 2.79. The molecule has 0 saturated carbocycles. The number of rotatable bonds is 3. The molecule has 2 aromatic rings. The fourth-order valence-electron chi connectivity index (χ4n) is 1.88. The number of amides is 1. The first kappa shape index (κ1) is 12.2. The molecule has 0 aliphatic rings. The van der Waals surface area contributed by atoms with E-state index in [1.807, 2.05) is 38.1 Å². The number of nitrogens with one attached hydrogen (secondary N) is 1. The smallest absolute Gasteiger partial charge is 0.276 e. The van der Waals surface area contributed by atoms with Crippen molar-refractivity contribution in [3.8, 4) is 0 Å². The van der Waals surface area contributed by atoms with E-state index in [2.05, 4.69) is 10.2 Å². The van der Waals surface area contributed by atoms with Gasteiger partial charge < -0.3 is 10.6 Å². The number of hydrogen-bond acceptors (Lipinski definition) is 3. The molecule has 18 heavy (non-hydrogen) atoms. The number of aromatic amines is 1. The standard InChI is InChI=1S/C13H16N4O/c1-3-17(11-7-5-4-6-9(11)2)13(18)10-8-12(14)16-15-10/h4-8H,3H2,1-2H3,(H3,14,15,16). The van der Waals surface area contributed by atoms with Crippen LogP contribution in [0, 0.1) is 6.92 Å². The van der Waals surface area contributed by atoms with E-state index in [0.717, 1.165) is 11.3 Å². The van der Waals surface area contributed by atoms with Crippen LogP contribution in [0.4, 0.5) is 11.5 Å². The number of nitrogen functional groups attached to an aromatic ring is 1. The maximum absolute atomic E-state index is 12.3. The molecule has 0 bridgehead atoms. The summed E-state index contributed by atoms with van der Waals surface area (Å²) < 4.78 is 0. The molecule has 2 rings (SSSR count). The van der Waals surface area contributed by atoms with E-state index in [1.54, 1.807) is 11.0 Å². The van der Waals surface area contributed by atoms with Crippen molar-refractivity contribution in [1.29, 1.82) is 0 Å². The van der Waals surface area contributed by atoms with Gasteiger partial charge in [-0.05, 0) is 25.5 Å². The van der Waals surface area contributed by atoms with Gasteiger partial charge in [0, 0.05) is 18.3 Å². The van der Waals surface area contributed by atoms with Crippen LogP contribution in [-0.2, 0) is 0 Å². The third-order valence-electron chi connectivity index (χ3n) is 2.80. The van der Waals surface area contributed by atoms with Crippen LogP contribution in [0.3, 0.4) is 0 Å². The van der Waals surface area contributed by atoms with Crippen molar-refractivity contribution >= 4 is 17.4 Å². The van der Waals surface area contributed by atoms with Crippen LogP contribution in [-0.4, -0.2) is 22.6 Å². The summed E-state index contributed by atoms with van der Waals surface area (Å²) in [5, 5.41) is 6.42. The number of nitrogens with two attached hydrogens (primary N) is 1. The molecule has 0 aliphatic heterocycles. The Balaban J connectivity index is 2.35. The third kappa shape index (κ3) is 2.20. The van der Waals surface area contributed by atoms with Gasteiger partial charge in [-0.15, -0.1) is 0 Å². The van der Waals surface area contributed by atoms with Gasteiger partial charge in [0.15, 0.2) is 0 Å². The molecule has 0 aliphatic carbocycles. The highest BCUT2D eigenvalue weighted by Gasteiger charge is 2.19. The molecule has 0 fully saturated rings. The number of hydrogen-bond donors (Lipinski definition) is 2.